The summed E-state index contributed by atoms with van der Waals surface area (Å²) in [5, 5.41) is 12.4. The van der Waals surface area contributed by atoms with E-state index in [1.807, 2.05) is 79.2 Å². The Morgan fingerprint density at radius 3 is 2.42 bits per heavy atom. The van der Waals surface area contributed by atoms with Crippen molar-refractivity contribution in [3.63, 3.8) is 0 Å². The SMILES string of the molecule is Cc1c(Nc2ccc(OCc3ccccc3)cc2)cc(C#N)n1C. The summed E-state index contributed by atoms with van der Waals surface area (Å²) in [6, 6.07) is 21.9. The number of benzene rings is 2. The minimum Gasteiger partial charge on any atom is -0.489 e. The molecule has 120 valence electrons. The highest BCUT2D eigenvalue weighted by atomic mass is 16.5. The van der Waals surface area contributed by atoms with E-state index in [9.17, 15) is 0 Å². The molecule has 0 saturated carbocycles. The smallest absolute Gasteiger partial charge is 0.122 e. The lowest BCUT2D eigenvalue weighted by Crippen LogP contribution is -1.97. The fourth-order valence-electron chi connectivity index (χ4n) is 2.46. The van der Waals surface area contributed by atoms with Gasteiger partial charge in [-0.15, -0.1) is 0 Å². The van der Waals surface area contributed by atoms with Crippen LogP contribution in [0.4, 0.5) is 11.4 Å². The average molecular weight is 317 g/mol. The van der Waals surface area contributed by atoms with Crippen LogP contribution in [0.15, 0.2) is 60.7 Å². The Kier molecular flexibility index (Phi) is 4.53. The highest BCUT2D eigenvalue weighted by molar-refractivity contribution is 5.64. The molecule has 0 bridgehead atoms. The zero-order valence-electron chi connectivity index (χ0n) is 13.8. The van der Waals surface area contributed by atoms with E-state index in [1.165, 1.54) is 0 Å². The van der Waals surface area contributed by atoms with Gasteiger partial charge in [-0.1, -0.05) is 30.3 Å². The molecular weight excluding hydrogens is 298 g/mol. The van der Waals surface area contributed by atoms with E-state index in [-0.39, 0.29) is 0 Å². The van der Waals surface area contributed by atoms with Crippen molar-refractivity contribution in [3.05, 3.63) is 77.6 Å². The molecule has 0 saturated heterocycles. The van der Waals surface area contributed by atoms with Gasteiger partial charge in [-0.25, -0.2) is 0 Å². The van der Waals surface area contributed by atoms with Gasteiger partial charge in [-0.05, 0) is 42.8 Å². The molecule has 24 heavy (non-hydrogen) atoms. The molecule has 0 aliphatic carbocycles. The summed E-state index contributed by atoms with van der Waals surface area (Å²) < 4.78 is 7.66. The van der Waals surface area contributed by atoms with Crippen molar-refractivity contribution in [2.75, 3.05) is 5.32 Å². The van der Waals surface area contributed by atoms with Crippen LogP contribution < -0.4 is 10.1 Å². The van der Waals surface area contributed by atoms with Gasteiger partial charge in [0.2, 0.25) is 0 Å². The number of ether oxygens (including phenoxy) is 1. The predicted octanol–water partition coefficient (Wildman–Crippen LogP) is 4.53. The maximum atomic E-state index is 9.10. The summed E-state index contributed by atoms with van der Waals surface area (Å²) in [5.74, 6) is 0.826. The molecule has 3 rings (SSSR count). The number of hydrogen-bond acceptors (Lipinski definition) is 3. The molecule has 1 heterocycles. The van der Waals surface area contributed by atoms with E-state index in [0.717, 1.165) is 28.4 Å². The molecule has 3 aromatic rings. The van der Waals surface area contributed by atoms with Crippen molar-refractivity contribution in [2.45, 2.75) is 13.5 Å². The van der Waals surface area contributed by atoms with Crippen LogP contribution in [0, 0.1) is 18.3 Å². The van der Waals surface area contributed by atoms with Crippen LogP contribution in [-0.4, -0.2) is 4.57 Å². The number of rotatable bonds is 5. The van der Waals surface area contributed by atoms with Crippen LogP contribution in [0.1, 0.15) is 17.0 Å². The van der Waals surface area contributed by atoms with Crippen molar-refractivity contribution in [3.8, 4) is 11.8 Å². The number of nitriles is 1. The zero-order valence-corrected chi connectivity index (χ0v) is 13.8. The van der Waals surface area contributed by atoms with Crippen LogP contribution in [0.3, 0.4) is 0 Å². The van der Waals surface area contributed by atoms with Crippen molar-refractivity contribution in [1.29, 1.82) is 5.26 Å². The monoisotopic (exact) mass is 317 g/mol. The van der Waals surface area contributed by atoms with Gasteiger partial charge >= 0.3 is 0 Å². The van der Waals surface area contributed by atoms with E-state index < -0.39 is 0 Å². The highest BCUT2D eigenvalue weighted by Gasteiger charge is 2.08. The van der Waals surface area contributed by atoms with E-state index >= 15 is 0 Å². The summed E-state index contributed by atoms with van der Waals surface area (Å²) >= 11 is 0. The van der Waals surface area contributed by atoms with E-state index in [4.69, 9.17) is 10.00 Å². The second-order valence-corrected chi connectivity index (χ2v) is 5.62. The van der Waals surface area contributed by atoms with Crippen molar-refractivity contribution in [1.82, 2.24) is 4.57 Å². The number of aromatic nitrogens is 1. The molecule has 0 aliphatic heterocycles. The van der Waals surface area contributed by atoms with Crippen molar-refractivity contribution < 1.29 is 4.74 Å². The van der Waals surface area contributed by atoms with Gasteiger partial charge in [0.05, 0.1) is 5.69 Å². The lowest BCUT2D eigenvalue weighted by Gasteiger charge is -2.09. The normalized spacial score (nSPS) is 10.2. The molecule has 0 radical (unpaired) electrons. The molecule has 4 heteroatoms. The Morgan fingerprint density at radius 1 is 1.08 bits per heavy atom. The molecule has 0 aliphatic rings. The fraction of sp³-hybridized carbons (Fsp3) is 0.150. The second kappa shape index (κ2) is 6.93. The van der Waals surface area contributed by atoms with Crippen molar-refractivity contribution in [2.24, 2.45) is 7.05 Å². The molecular formula is C20H19N3O. The number of anilines is 2. The van der Waals surface area contributed by atoms with E-state index in [2.05, 4.69) is 11.4 Å². The topological polar surface area (TPSA) is 50.0 Å². The third-order valence-corrected chi connectivity index (χ3v) is 4.03. The third kappa shape index (κ3) is 3.41. The van der Waals surface area contributed by atoms with Gasteiger partial charge < -0.3 is 14.6 Å². The second-order valence-electron chi connectivity index (χ2n) is 5.62. The number of nitrogens with one attached hydrogen (secondary N) is 1. The Morgan fingerprint density at radius 2 is 1.79 bits per heavy atom. The van der Waals surface area contributed by atoms with Crippen LogP contribution in [-0.2, 0) is 13.7 Å². The quantitative estimate of drug-likeness (QED) is 0.752. The first-order valence-electron chi connectivity index (χ1n) is 7.77. The zero-order chi connectivity index (χ0) is 16.9. The summed E-state index contributed by atoms with van der Waals surface area (Å²) in [7, 11) is 1.89. The number of hydrogen-bond donors (Lipinski definition) is 1. The number of nitrogens with zero attached hydrogens (tertiary/aromatic N) is 2. The van der Waals surface area contributed by atoms with Gasteiger partial charge in [0.15, 0.2) is 0 Å². The first-order chi connectivity index (χ1) is 11.7. The summed E-state index contributed by atoms with van der Waals surface area (Å²) in [4.78, 5) is 0. The maximum Gasteiger partial charge on any atom is 0.122 e. The van der Waals surface area contributed by atoms with Crippen LogP contribution in [0.25, 0.3) is 0 Å². The molecule has 0 unspecified atom stereocenters. The lowest BCUT2D eigenvalue weighted by molar-refractivity contribution is 0.306. The largest absolute Gasteiger partial charge is 0.489 e. The van der Waals surface area contributed by atoms with Gasteiger partial charge in [-0.2, -0.15) is 5.26 Å². The molecule has 0 spiro atoms. The highest BCUT2D eigenvalue weighted by Crippen LogP contribution is 2.25. The summed E-state index contributed by atoms with van der Waals surface area (Å²) in [6.07, 6.45) is 0. The molecule has 0 atom stereocenters. The Labute approximate surface area is 141 Å². The van der Waals surface area contributed by atoms with Crippen LogP contribution in [0.2, 0.25) is 0 Å². The molecule has 0 fully saturated rings. The third-order valence-electron chi connectivity index (χ3n) is 4.03. The summed E-state index contributed by atoms with van der Waals surface area (Å²) in [5.41, 5.74) is 4.70. The van der Waals surface area contributed by atoms with Gasteiger partial charge in [-0.3, -0.25) is 0 Å². The van der Waals surface area contributed by atoms with Crippen LogP contribution >= 0.6 is 0 Å². The minimum absolute atomic E-state index is 0.553. The van der Waals surface area contributed by atoms with Crippen molar-refractivity contribution >= 4 is 11.4 Å². The van der Waals surface area contributed by atoms with Crippen LogP contribution in [0.5, 0.6) is 5.75 Å². The fourth-order valence-corrected chi connectivity index (χ4v) is 2.46. The van der Waals surface area contributed by atoms with Gasteiger partial charge in [0, 0.05) is 18.4 Å². The Hall–Kier alpha value is -3.19. The van der Waals surface area contributed by atoms with Gasteiger partial charge in [0.1, 0.15) is 24.1 Å². The molecule has 1 N–H and O–H groups in total. The minimum atomic E-state index is 0.553. The van der Waals surface area contributed by atoms with E-state index in [0.29, 0.717) is 12.3 Å². The molecule has 1 aromatic heterocycles. The lowest BCUT2D eigenvalue weighted by atomic mass is 10.2. The Balaban J connectivity index is 1.66. The first-order valence-corrected chi connectivity index (χ1v) is 7.77. The maximum absolute atomic E-state index is 9.10. The molecule has 2 aromatic carbocycles. The molecule has 0 amide bonds. The van der Waals surface area contributed by atoms with Gasteiger partial charge in [0.25, 0.3) is 0 Å². The summed E-state index contributed by atoms with van der Waals surface area (Å²) in [6.45, 7) is 2.54. The predicted molar refractivity (Wildman–Crippen MR) is 95.4 cm³/mol. The first kappa shape index (κ1) is 15.7. The molecule has 4 nitrogen and oxygen atoms in total. The average Bonchev–Trinajstić information content (AvgIpc) is 2.90. The Bertz CT molecular complexity index is 858. The standard InChI is InChI=1S/C20H19N3O/c1-15-20(12-18(13-21)23(15)2)22-17-8-10-19(11-9-17)24-14-16-6-4-3-5-7-16/h3-12,22H,14H2,1-2H3. The van der Waals surface area contributed by atoms with E-state index in [1.54, 1.807) is 0 Å².